The van der Waals surface area contributed by atoms with E-state index in [9.17, 15) is 0 Å². The summed E-state index contributed by atoms with van der Waals surface area (Å²) in [6, 6.07) is 4.62. The SMILES string of the molecule is CC(c1cccnc1)N1CCN(CCn2cncn2)CC1. The lowest BCUT2D eigenvalue weighted by molar-refractivity contribution is 0.0990. The summed E-state index contributed by atoms with van der Waals surface area (Å²) in [5, 5.41) is 4.15. The highest BCUT2D eigenvalue weighted by atomic mass is 15.3. The quantitative estimate of drug-likeness (QED) is 0.822. The molecule has 1 fully saturated rings. The zero-order valence-electron chi connectivity index (χ0n) is 12.5. The molecule has 0 radical (unpaired) electrons. The number of nitrogens with zero attached hydrogens (tertiary/aromatic N) is 6. The molecule has 0 aliphatic carbocycles. The van der Waals surface area contributed by atoms with Crippen molar-refractivity contribution in [2.45, 2.75) is 19.5 Å². The summed E-state index contributed by atoms with van der Waals surface area (Å²) < 4.78 is 1.89. The summed E-state index contributed by atoms with van der Waals surface area (Å²) in [7, 11) is 0. The standard InChI is InChI=1S/C15H22N6/c1-14(15-3-2-4-16-11-15)20-8-5-19(6-9-20)7-10-21-13-17-12-18-21/h2-4,11-14H,5-10H2,1H3. The zero-order valence-corrected chi connectivity index (χ0v) is 12.5. The van der Waals surface area contributed by atoms with Gasteiger partial charge in [0.2, 0.25) is 0 Å². The third-order valence-corrected chi connectivity index (χ3v) is 4.23. The van der Waals surface area contributed by atoms with E-state index < -0.39 is 0 Å². The molecule has 0 amide bonds. The van der Waals surface area contributed by atoms with Gasteiger partial charge in [-0.05, 0) is 18.6 Å². The first-order valence-corrected chi connectivity index (χ1v) is 7.51. The third kappa shape index (κ3) is 3.65. The Kier molecular flexibility index (Phi) is 4.57. The van der Waals surface area contributed by atoms with Crippen molar-refractivity contribution >= 4 is 0 Å². The van der Waals surface area contributed by atoms with Crippen LogP contribution in [0, 0.1) is 0 Å². The van der Waals surface area contributed by atoms with Gasteiger partial charge < -0.3 is 0 Å². The molecule has 2 aromatic rings. The molecule has 6 heteroatoms. The second-order valence-electron chi connectivity index (χ2n) is 5.50. The molecule has 0 N–H and O–H groups in total. The van der Waals surface area contributed by atoms with Crippen LogP contribution in [-0.4, -0.2) is 62.3 Å². The highest BCUT2D eigenvalue weighted by Gasteiger charge is 2.21. The Hall–Kier alpha value is -1.79. The molecule has 3 heterocycles. The van der Waals surface area contributed by atoms with Crippen molar-refractivity contribution in [3.8, 4) is 0 Å². The van der Waals surface area contributed by atoms with Gasteiger partial charge in [-0.1, -0.05) is 6.07 Å². The second-order valence-corrected chi connectivity index (χ2v) is 5.50. The van der Waals surface area contributed by atoms with Crippen LogP contribution in [0.25, 0.3) is 0 Å². The highest BCUT2D eigenvalue weighted by Crippen LogP contribution is 2.20. The predicted molar refractivity (Wildman–Crippen MR) is 80.7 cm³/mol. The lowest BCUT2D eigenvalue weighted by atomic mass is 10.1. The normalized spacial score (nSPS) is 18.7. The van der Waals surface area contributed by atoms with E-state index in [1.807, 2.05) is 23.1 Å². The Labute approximate surface area is 125 Å². The van der Waals surface area contributed by atoms with E-state index in [1.165, 1.54) is 5.56 Å². The van der Waals surface area contributed by atoms with Crippen LogP contribution >= 0.6 is 0 Å². The van der Waals surface area contributed by atoms with Crippen LogP contribution in [0.2, 0.25) is 0 Å². The molecule has 21 heavy (non-hydrogen) atoms. The first kappa shape index (κ1) is 14.2. The fourth-order valence-corrected chi connectivity index (χ4v) is 2.80. The predicted octanol–water partition coefficient (Wildman–Crippen LogP) is 1.05. The summed E-state index contributed by atoms with van der Waals surface area (Å²) in [6.07, 6.45) is 7.17. The van der Waals surface area contributed by atoms with Gasteiger partial charge in [-0.2, -0.15) is 5.10 Å². The van der Waals surface area contributed by atoms with Crippen LogP contribution in [-0.2, 0) is 6.54 Å². The smallest absolute Gasteiger partial charge is 0.137 e. The molecular weight excluding hydrogens is 264 g/mol. The van der Waals surface area contributed by atoms with Crippen molar-refractivity contribution in [2.24, 2.45) is 0 Å². The highest BCUT2D eigenvalue weighted by molar-refractivity contribution is 5.13. The Morgan fingerprint density at radius 2 is 2.00 bits per heavy atom. The first-order chi connectivity index (χ1) is 10.3. The number of pyridine rings is 1. The average molecular weight is 286 g/mol. The van der Waals surface area contributed by atoms with Crippen LogP contribution in [0.5, 0.6) is 0 Å². The molecule has 1 saturated heterocycles. The van der Waals surface area contributed by atoms with E-state index in [4.69, 9.17) is 0 Å². The van der Waals surface area contributed by atoms with Gasteiger partial charge in [0.1, 0.15) is 12.7 Å². The van der Waals surface area contributed by atoms with E-state index in [0.717, 1.165) is 39.3 Å². The monoisotopic (exact) mass is 286 g/mol. The molecule has 6 nitrogen and oxygen atoms in total. The van der Waals surface area contributed by atoms with Crippen LogP contribution in [0.4, 0.5) is 0 Å². The summed E-state index contributed by atoms with van der Waals surface area (Å²) in [5.74, 6) is 0. The first-order valence-electron chi connectivity index (χ1n) is 7.51. The fraction of sp³-hybridized carbons (Fsp3) is 0.533. The molecule has 0 saturated carbocycles. The fourth-order valence-electron chi connectivity index (χ4n) is 2.80. The summed E-state index contributed by atoms with van der Waals surface area (Å²) in [4.78, 5) is 13.2. The number of hydrogen-bond donors (Lipinski definition) is 0. The Balaban J connectivity index is 1.46. The number of aromatic nitrogens is 4. The Bertz CT molecular complexity index is 518. The number of hydrogen-bond acceptors (Lipinski definition) is 5. The largest absolute Gasteiger partial charge is 0.299 e. The van der Waals surface area contributed by atoms with Gasteiger partial charge in [0.15, 0.2) is 0 Å². The molecule has 1 unspecified atom stereocenters. The van der Waals surface area contributed by atoms with Gasteiger partial charge >= 0.3 is 0 Å². The molecule has 0 aromatic carbocycles. The van der Waals surface area contributed by atoms with Gasteiger partial charge in [-0.15, -0.1) is 0 Å². The van der Waals surface area contributed by atoms with Crippen LogP contribution in [0.1, 0.15) is 18.5 Å². The zero-order chi connectivity index (χ0) is 14.5. The lowest BCUT2D eigenvalue weighted by Gasteiger charge is -2.38. The summed E-state index contributed by atoms with van der Waals surface area (Å²) in [5.41, 5.74) is 1.30. The van der Waals surface area contributed by atoms with Crippen molar-refractivity contribution < 1.29 is 0 Å². The Morgan fingerprint density at radius 3 is 2.67 bits per heavy atom. The van der Waals surface area contributed by atoms with Crippen molar-refractivity contribution in [3.63, 3.8) is 0 Å². The maximum atomic E-state index is 4.22. The van der Waals surface area contributed by atoms with Gasteiger partial charge in [-0.3, -0.25) is 19.5 Å². The molecule has 1 aliphatic heterocycles. The van der Waals surface area contributed by atoms with Crippen molar-refractivity contribution in [2.75, 3.05) is 32.7 Å². The van der Waals surface area contributed by atoms with E-state index in [0.29, 0.717) is 6.04 Å². The molecule has 2 aromatic heterocycles. The molecule has 1 atom stereocenters. The second kappa shape index (κ2) is 6.78. The van der Waals surface area contributed by atoms with Gasteiger partial charge in [-0.25, -0.2) is 4.98 Å². The van der Waals surface area contributed by atoms with Crippen molar-refractivity contribution in [1.82, 2.24) is 29.5 Å². The van der Waals surface area contributed by atoms with Gasteiger partial charge in [0, 0.05) is 51.2 Å². The Morgan fingerprint density at radius 1 is 1.14 bits per heavy atom. The summed E-state index contributed by atoms with van der Waals surface area (Å²) in [6.45, 7) is 8.65. The lowest BCUT2D eigenvalue weighted by Crippen LogP contribution is -2.47. The topological polar surface area (TPSA) is 50.1 Å². The van der Waals surface area contributed by atoms with E-state index in [-0.39, 0.29) is 0 Å². The molecule has 0 bridgehead atoms. The molecule has 3 rings (SSSR count). The minimum atomic E-state index is 0.441. The van der Waals surface area contributed by atoms with Crippen LogP contribution < -0.4 is 0 Å². The third-order valence-electron chi connectivity index (χ3n) is 4.23. The maximum absolute atomic E-state index is 4.22. The maximum Gasteiger partial charge on any atom is 0.137 e. The molecular formula is C15H22N6. The van der Waals surface area contributed by atoms with Crippen LogP contribution in [0.15, 0.2) is 37.2 Å². The number of rotatable bonds is 5. The van der Waals surface area contributed by atoms with Crippen molar-refractivity contribution in [1.29, 1.82) is 0 Å². The molecule has 1 aliphatic rings. The van der Waals surface area contributed by atoms with E-state index in [2.05, 4.69) is 37.9 Å². The van der Waals surface area contributed by atoms with E-state index >= 15 is 0 Å². The minimum absolute atomic E-state index is 0.441. The molecule has 0 spiro atoms. The number of piperazine rings is 1. The van der Waals surface area contributed by atoms with E-state index in [1.54, 1.807) is 12.7 Å². The van der Waals surface area contributed by atoms with Gasteiger partial charge in [0.05, 0.1) is 6.54 Å². The van der Waals surface area contributed by atoms with Crippen molar-refractivity contribution in [3.05, 3.63) is 42.7 Å². The van der Waals surface area contributed by atoms with Gasteiger partial charge in [0.25, 0.3) is 0 Å². The summed E-state index contributed by atoms with van der Waals surface area (Å²) >= 11 is 0. The molecule has 112 valence electrons. The van der Waals surface area contributed by atoms with Crippen LogP contribution in [0.3, 0.4) is 0 Å². The minimum Gasteiger partial charge on any atom is -0.299 e. The average Bonchev–Trinajstić information content (AvgIpc) is 3.07.